The lowest BCUT2D eigenvalue weighted by Crippen LogP contribution is -2.30. The summed E-state index contributed by atoms with van der Waals surface area (Å²) < 4.78 is 5.31. The second-order valence-corrected chi connectivity index (χ2v) is 3.00. The SMILES string of the molecule is C/C=C/OC1CCCCC1O. The van der Waals surface area contributed by atoms with Crippen LogP contribution >= 0.6 is 0 Å². The maximum absolute atomic E-state index is 9.44. The minimum atomic E-state index is -0.250. The Kier molecular flexibility index (Phi) is 3.43. The zero-order chi connectivity index (χ0) is 8.10. The van der Waals surface area contributed by atoms with Gasteiger partial charge in [0.05, 0.1) is 12.4 Å². The van der Waals surface area contributed by atoms with Crippen molar-refractivity contribution in [3.8, 4) is 0 Å². The Morgan fingerprint density at radius 2 is 2.09 bits per heavy atom. The van der Waals surface area contributed by atoms with Crippen LogP contribution < -0.4 is 0 Å². The van der Waals surface area contributed by atoms with E-state index >= 15 is 0 Å². The van der Waals surface area contributed by atoms with Gasteiger partial charge in [-0.15, -0.1) is 0 Å². The van der Waals surface area contributed by atoms with E-state index in [1.807, 2.05) is 13.0 Å². The highest BCUT2D eigenvalue weighted by atomic mass is 16.5. The normalized spacial score (nSPS) is 32.5. The van der Waals surface area contributed by atoms with Crippen LogP contribution in [-0.2, 0) is 4.74 Å². The topological polar surface area (TPSA) is 29.5 Å². The summed E-state index contributed by atoms with van der Waals surface area (Å²) in [6.07, 6.45) is 7.50. The lowest BCUT2D eigenvalue weighted by Gasteiger charge is -2.26. The second-order valence-electron chi connectivity index (χ2n) is 3.00. The van der Waals surface area contributed by atoms with E-state index < -0.39 is 0 Å². The largest absolute Gasteiger partial charge is 0.496 e. The molecule has 0 saturated heterocycles. The zero-order valence-electron chi connectivity index (χ0n) is 6.99. The first-order chi connectivity index (χ1) is 5.34. The van der Waals surface area contributed by atoms with Crippen molar-refractivity contribution in [1.82, 2.24) is 0 Å². The summed E-state index contributed by atoms with van der Waals surface area (Å²) in [6, 6.07) is 0. The molecule has 0 aromatic rings. The molecule has 1 fully saturated rings. The lowest BCUT2D eigenvalue weighted by molar-refractivity contribution is -0.0178. The van der Waals surface area contributed by atoms with E-state index in [2.05, 4.69) is 0 Å². The molecule has 1 saturated carbocycles. The van der Waals surface area contributed by atoms with Crippen LogP contribution in [0.1, 0.15) is 32.6 Å². The third-order valence-electron chi connectivity index (χ3n) is 2.06. The van der Waals surface area contributed by atoms with E-state index in [0.29, 0.717) is 0 Å². The van der Waals surface area contributed by atoms with Crippen molar-refractivity contribution in [1.29, 1.82) is 0 Å². The van der Waals surface area contributed by atoms with Gasteiger partial charge in [0.15, 0.2) is 0 Å². The predicted octanol–water partition coefficient (Wildman–Crippen LogP) is 1.84. The first-order valence-corrected chi connectivity index (χ1v) is 4.29. The molecule has 1 N–H and O–H groups in total. The Labute approximate surface area is 67.9 Å². The number of aliphatic hydroxyl groups excluding tert-OH is 1. The average molecular weight is 156 g/mol. The monoisotopic (exact) mass is 156 g/mol. The van der Waals surface area contributed by atoms with Gasteiger partial charge in [0.25, 0.3) is 0 Å². The molecule has 0 aliphatic heterocycles. The molecule has 0 aromatic carbocycles. The fourth-order valence-corrected chi connectivity index (χ4v) is 1.42. The highest BCUT2D eigenvalue weighted by Gasteiger charge is 2.22. The Morgan fingerprint density at radius 1 is 1.36 bits per heavy atom. The summed E-state index contributed by atoms with van der Waals surface area (Å²) in [5.74, 6) is 0. The van der Waals surface area contributed by atoms with E-state index in [1.165, 1.54) is 6.42 Å². The van der Waals surface area contributed by atoms with E-state index in [1.54, 1.807) is 6.26 Å². The number of allylic oxidation sites excluding steroid dienone is 1. The van der Waals surface area contributed by atoms with Crippen LogP contribution in [0.15, 0.2) is 12.3 Å². The lowest BCUT2D eigenvalue weighted by atomic mass is 9.95. The van der Waals surface area contributed by atoms with E-state index in [4.69, 9.17) is 4.74 Å². The summed E-state index contributed by atoms with van der Waals surface area (Å²) in [7, 11) is 0. The Morgan fingerprint density at radius 3 is 2.73 bits per heavy atom. The van der Waals surface area contributed by atoms with Gasteiger partial charge in [-0.3, -0.25) is 0 Å². The molecule has 0 aromatic heterocycles. The Hall–Kier alpha value is -0.500. The number of rotatable bonds is 2. The average Bonchev–Trinajstić information content (AvgIpc) is 2.03. The zero-order valence-corrected chi connectivity index (χ0v) is 6.99. The maximum atomic E-state index is 9.44. The fraction of sp³-hybridized carbons (Fsp3) is 0.778. The van der Waals surface area contributed by atoms with Crippen LogP contribution in [-0.4, -0.2) is 17.3 Å². The van der Waals surface area contributed by atoms with Gasteiger partial charge in [-0.05, 0) is 26.2 Å². The van der Waals surface area contributed by atoms with E-state index in [-0.39, 0.29) is 12.2 Å². The maximum Gasteiger partial charge on any atom is 0.124 e. The first kappa shape index (κ1) is 8.60. The molecule has 2 nitrogen and oxygen atoms in total. The van der Waals surface area contributed by atoms with Crippen LogP contribution in [0.25, 0.3) is 0 Å². The Balaban J connectivity index is 2.29. The molecule has 1 rings (SSSR count). The van der Waals surface area contributed by atoms with Crippen molar-refractivity contribution in [3.05, 3.63) is 12.3 Å². The summed E-state index contributed by atoms with van der Waals surface area (Å²) in [4.78, 5) is 0. The minimum absolute atomic E-state index is 0.0416. The van der Waals surface area contributed by atoms with Crippen LogP contribution in [0.5, 0.6) is 0 Å². The molecule has 11 heavy (non-hydrogen) atoms. The highest BCUT2D eigenvalue weighted by molar-refractivity contribution is 4.78. The van der Waals surface area contributed by atoms with Gasteiger partial charge in [-0.1, -0.05) is 12.5 Å². The first-order valence-electron chi connectivity index (χ1n) is 4.29. The van der Waals surface area contributed by atoms with Gasteiger partial charge >= 0.3 is 0 Å². The Bertz CT molecular complexity index is 132. The standard InChI is InChI=1S/C9H16O2/c1-2-7-11-9-6-4-3-5-8(9)10/h2,7-10H,3-6H2,1H3/b7-2+. The van der Waals surface area contributed by atoms with Gasteiger partial charge in [0, 0.05) is 0 Å². The summed E-state index contributed by atoms with van der Waals surface area (Å²) in [6.45, 7) is 1.91. The van der Waals surface area contributed by atoms with Crippen molar-refractivity contribution < 1.29 is 9.84 Å². The van der Waals surface area contributed by atoms with Gasteiger partial charge in [0.2, 0.25) is 0 Å². The summed E-state index contributed by atoms with van der Waals surface area (Å²) in [5, 5.41) is 9.44. The summed E-state index contributed by atoms with van der Waals surface area (Å²) in [5.41, 5.74) is 0. The van der Waals surface area contributed by atoms with Crippen LogP contribution in [0, 0.1) is 0 Å². The molecule has 1 aliphatic carbocycles. The van der Waals surface area contributed by atoms with Gasteiger partial charge < -0.3 is 9.84 Å². The fourth-order valence-electron chi connectivity index (χ4n) is 1.42. The molecule has 0 heterocycles. The van der Waals surface area contributed by atoms with Crippen molar-refractivity contribution in [2.24, 2.45) is 0 Å². The molecule has 0 spiro atoms. The number of aliphatic hydroxyl groups is 1. The molecular formula is C9H16O2. The molecular weight excluding hydrogens is 140 g/mol. The van der Waals surface area contributed by atoms with E-state index in [9.17, 15) is 5.11 Å². The van der Waals surface area contributed by atoms with Crippen molar-refractivity contribution in [3.63, 3.8) is 0 Å². The minimum Gasteiger partial charge on any atom is -0.496 e. The smallest absolute Gasteiger partial charge is 0.124 e. The van der Waals surface area contributed by atoms with Crippen molar-refractivity contribution in [2.45, 2.75) is 44.8 Å². The van der Waals surface area contributed by atoms with Gasteiger partial charge in [0.1, 0.15) is 6.10 Å². The molecule has 0 bridgehead atoms. The number of ether oxygens (including phenoxy) is 1. The van der Waals surface area contributed by atoms with Crippen molar-refractivity contribution in [2.75, 3.05) is 0 Å². The van der Waals surface area contributed by atoms with Crippen LogP contribution in [0.3, 0.4) is 0 Å². The van der Waals surface area contributed by atoms with Gasteiger partial charge in [-0.2, -0.15) is 0 Å². The third kappa shape index (κ3) is 2.54. The third-order valence-corrected chi connectivity index (χ3v) is 2.06. The van der Waals surface area contributed by atoms with E-state index in [0.717, 1.165) is 19.3 Å². The quantitative estimate of drug-likeness (QED) is 0.618. The number of hydrogen-bond donors (Lipinski definition) is 1. The highest BCUT2D eigenvalue weighted by Crippen LogP contribution is 2.20. The van der Waals surface area contributed by atoms with Gasteiger partial charge in [-0.25, -0.2) is 0 Å². The molecule has 2 atom stereocenters. The molecule has 0 radical (unpaired) electrons. The molecule has 1 aliphatic rings. The predicted molar refractivity (Wildman–Crippen MR) is 44.2 cm³/mol. The molecule has 2 heteroatoms. The molecule has 0 amide bonds. The molecule has 2 unspecified atom stereocenters. The van der Waals surface area contributed by atoms with Crippen LogP contribution in [0.4, 0.5) is 0 Å². The summed E-state index contributed by atoms with van der Waals surface area (Å²) >= 11 is 0. The molecule has 64 valence electrons. The second kappa shape index (κ2) is 4.39. The van der Waals surface area contributed by atoms with Crippen molar-refractivity contribution >= 4 is 0 Å². The number of hydrogen-bond acceptors (Lipinski definition) is 2. The van der Waals surface area contributed by atoms with Crippen LogP contribution in [0.2, 0.25) is 0 Å².